The lowest BCUT2D eigenvalue weighted by atomic mass is 9.95. The molecule has 0 bridgehead atoms. The molecule has 0 fully saturated rings. The van der Waals surface area contributed by atoms with Crippen molar-refractivity contribution in [3.05, 3.63) is 75.4 Å². The van der Waals surface area contributed by atoms with Gasteiger partial charge in [0.2, 0.25) is 0 Å². The predicted molar refractivity (Wildman–Crippen MR) is 89.8 cm³/mol. The number of aromatic nitrogens is 2. The van der Waals surface area contributed by atoms with Gasteiger partial charge in [0.1, 0.15) is 0 Å². The van der Waals surface area contributed by atoms with Gasteiger partial charge in [-0.15, -0.1) is 0 Å². The smallest absolute Gasteiger partial charge is 0.195 e. The number of ketones is 1. The first kappa shape index (κ1) is 15.7. The molecule has 0 unspecified atom stereocenters. The van der Waals surface area contributed by atoms with Crippen LogP contribution in [-0.4, -0.2) is 21.1 Å². The number of carbonyl (C=O) groups excluding carboxylic acids is 1. The summed E-state index contributed by atoms with van der Waals surface area (Å²) in [4.78, 5) is 12.9. The number of hydrogen-bond acceptors (Lipinski definition) is 3. The van der Waals surface area contributed by atoms with E-state index >= 15 is 0 Å². The van der Waals surface area contributed by atoms with E-state index in [-0.39, 0.29) is 12.4 Å². The van der Waals surface area contributed by atoms with E-state index < -0.39 is 0 Å². The van der Waals surface area contributed by atoms with Crippen LogP contribution >= 0.6 is 23.2 Å². The van der Waals surface area contributed by atoms with Gasteiger partial charge in [-0.2, -0.15) is 5.10 Å². The monoisotopic (exact) mass is 346 g/mol. The number of nitrogens with zero attached hydrogens (tertiary/aromatic N) is 1. The van der Waals surface area contributed by atoms with Crippen molar-refractivity contribution in [2.24, 2.45) is 0 Å². The highest BCUT2D eigenvalue weighted by Crippen LogP contribution is 2.30. The van der Waals surface area contributed by atoms with Gasteiger partial charge in [0.05, 0.1) is 23.5 Å². The zero-order valence-electron chi connectivity index (χ0n) is 11.9. The Hall–Kier alpha value is -2.14. The molecule has 6 heteroatoms. The standard InChI is InChI=1S/C17H12Cl2N2O2/c18-11-5-6-12(16-10(9-22)8-20-21-16)14(7-11)17(23)13-3-1-2-4-15(13)19/h1-8,22H,9H2,(H,20,21). The normalized spacial score (nSPS) is 10.7. The fourth-order valence-electron chi connectivity index (χ4n) is 2.38. The van der Waals surface area contributed by atoms with Gasteiger partial charge in [0.25, 0.3) is 0 Å². The van der Waals surface area contributed by atoms with Crippen molar-refractivity contribution in [2.45, 2.75) is 6.61 Å². The van der Waals surface area contributed by atoms with Crippen LogP contribution in [0.2, 0.25) is 10.0 Å². The van der Waals surface area contributed by atoms with E-state index in [9.17, 15) is 9.90 Å². The molecule has 0 saturated carbocycles. The zero-order valence-corrected chi connectivity index (χ0v) is 13.4. The molecule has 1 aromatic heterocycles. The molecule has 0 aliphatic heterocycles. The number of halogens is 2. The number of rotatable bonds is 4. The maximum Gasteiger partial charge on any atom is 0.195 e. The number of aromatic amines is 1. The number of aliphatic hydroxyl groups is 1. The van der Waals surface area contributed by atoms with E-state index in [1.165, 1.54) is 6.20 Å². The minimum absolute atomic E-state index is 0.186. The first-order valence-corrected chi connectivity index (χ1v) is 7.59. The lowest BCUT2D eigenvalue weighted by Gasteiger charge is -2.10. The SMILES string of the molecule is O=C(c1ccccc1Cl)c1cc(Cl)ccc1-c1[nH]ncc1CO. The first-order valence-electron chi connectivity index (χ1n) is 6.84. The van der Waals surface area contributed by atoms with Crippen LogP contribution in [-0.2, 0) is 6.61 Å². The molecule has 2 N–H and O–H groups in total. The highest BCUT2D eigenvalue weighted by atomic mass is 35.5. The minimum Gasteiger partial charge on any atom is -0.392 e. The molecule has 0 aliphatic rings. The summed E-state index contributed by atoms with van der Waals surface area (Å²) in [7, 11) is 0. The fourth-order valence-corrected chi connectivity index (χ4v) is 2.77. The Morgan fingerprint density at radius 2 is 1.91 bits per heavy atom. The Morgan fingerprint density at radius 1 is 1.13 bits per heavy atom. The summed E-state index contributed by atoms with van der Waals surface area (Å²) in [6.07, 6.45) is 1.52. The highest BCUT2D eigenvalue weighted by molar-refractivity contribution is 6.35. The lowest BCUT2D eigenvalue weighted by Crippen LogP contribution is -2.05. The molecule has 0 aliphatic carbocycles. The maximum absolute atomic E-state index is 12.9. The number of hydrogen-bond donors (Lipinski definition) is 2. The maximum atomic E-state index is 12.9. The van der Waals surface area contributed by atoms with Crippen LogP contribution in [0.5, 0.6) is 0 Å². The predicted octanol–water partition coefficient (Wildman–Crippen LogP) is 4.11. The van der Waals surface area contributed by atoms with Gasteiger partial charge in [-0.05, 0) is 24.3 Å². The van der Waals surface area contributed by atoms with Crippen LogP contribution in [0.4, 0.5) is 0 Å². The third kappa shape index (κ3) is 3.01. The number of nitrogens with one attached hydrogen (secondary N) is 1. The molecule has 116 valence electrons. The number of aliphatic hydroxyl groups excluding tert-OH is 1. The third-order valence-electron chi connectivity index (χ3n) is 3.50. The van der Waals surface area contributed by atoms with Gasteiger partial charge in [-0.1, -0.05) is 41.4 Å². The summed E-state index contributed by atoms with van der Waals surface area (Å²) in [6, 6.07) is 11.8. The molecule has 23 heavy (non-hydrogen) atoms. The molecule has 0 radical (unpaired) electrons. The van der Waals surface area contributed by atoms with E-state index in [1.54, 1.807) is 42.5 Å². The van der Waals surface area contributed by atoms with Gasteiger partial charge >= 0.3 is 0 Å². The van der Waals surface area contributed by atoms with Gasteiger partial charge in [-0.25, -0.2) is 0 Å². The largest absolute Gasteiger partial charge is 0.392 e. The summed E-state index contributed by atoms with van der Waals surface area (Å²) < 4.78 is 0. The van der Waals surface area contributed by atoms with Crippen LogP contribution in [0.3, 0.4) is 0 Å². The Kier molecular flexibility index (Phi) is 4.48. The molecule has 2 aromatic carbocycles. The van der Waals surface area contributed by atoms with Gasteiger partial charge in [0.15, 0.2) is 5.78 Å². The summed E-state index contributed by atoms with van der Waals surface area (Å²) >= 11 is 12.2. The van der Waals surface area contributed by atoms with Crippen molar-refractivity contribution in [2.75, 3.05) is 0 Å². The van der Waals surface area contributed by atoms with Crippen molar-refractivity contribution in [3.63, 3.8) is 0 Å². The molecule has 3 aromatic rings. The van der Waals surface area contributed by atoms with Crippen LogP contribution < -0.4 is 0 Å². The molecular formula is C17H12Cl2N2O2. The van der Waals surface area contributed by atoms with Crippen molar-refractivity contribution >= 4 is 29.0 Å². The summed E-state index contributed by atoms with van der Waals surface area (Å²) in [5.41, 5.74) is 2.58. The van der Waals surface area contributed by atoms with E-state index in [1.807, 2.05) is 0 Å². The average Bonchev–Trinajstić information content (AvgIpc) is 3.03. The number of H-pyrrole nitrogens is 1. The highest BCUT2D eigenvalue weighted by Gasteiger charge is 2.20. The molecule has 0 amide bonds. The Labute approximate surface area is 142 Å². The molecule has 4 nitrogen and oxygen atoms in total. The van der Waals surface area contributed by atoms with E-state index in [0.29, 0.717) is 38.0 Å². The second kappa shape index (κ2) is 6.54. The minimum atomic E-state index is -0.244. The second-order valence-electron chi connectivity index (χ2n) is 4.93. The Balaban J connectivity index is 2.18. The third-order valence-corrected chi connectivity index (χ3v) is 4.07. The molecule has 0 saturated heterocycles. The van der Waals surface area contributed by atoms with E-state index in [2.05, 4.69) is 10.2 Å². The van der Waals surface area contributed by atoms with Crippen LogP contribution in [0.15, 0.2) is 48.7 Å². The lowest BCUT2D eigenvalue weighted by molar-refractivity contribution is 0.103. The van der Waals surface area contributed by atoms with Gasteiger partial charge < -0.3 is 5.11 Å². The van der Waals surface area contributed by atoms with Crippen LogP contribution in [0, 0.1) is 0 Å². The van der Waals surface area contributed by atoms with Crippen molar-refractivity contribution in [3.8, 4) is 11.3 Å². The summed E-state index contributed by atoms with van der Waals surface area (Å²) in [6.45, 7) is -0.186. The van der Waals surface area contributed by atoms with Crippen molar-refractivity contribution in [1.29, 1.82) is 0 Å². The van der Waals surface area contributed by atoms with Crippen LogP contribution in [0.25, 0.3) is 11.3 Å². The van der Waals surface area contributed by atoms with Gasteiger partial charge in [-0.3, -0.25) is 9.89 Å². The first-order chi connectivity index (χ1) is 11.1. The molecule has 0 atom stereocenters. The molecule has 0 spiro atoms. The topological polar surface area (TPSA) is 66.0 Å². The molecule has 1 heterocycles. The Morgan fingerprint density at radius 3 is 2.65 bits per heavy atom. The Bertz CT molecular complexity index is 875. The zero-order chi connectivity index (χ0) is 16.4. The van der Waals surface area contributed by atoms with E-state index in [0.717, 1.165) is 0 Å². The summed E-state index contributed by atoms with van der Waals surface area (Å²) in [5.74, 6) is -0.244. The molecule has 3 rings (SSSR count). The number of carbonyl (C=O) groups is 1. The van der Waals surface area contributed by atoms with E-state index in [4.69, 9.17) is 23.2 Å². The van der Waals surface area contributed by atoms with Crippen LogP contribution in [0.1, 0.15) is 21.5 Å². The van der Waals surface area contributed by atoms with Crippen molar-refractivity contribution < 1.29 is 9.90 Å². The fraction of sp³-hybridized carbons (Fsp3) is 0.0588. The number of benzene rings is 2. The molecular weight excluding hydrogens is 335 g/mol. The quantitative estimate of drug-likeness (QED) is 0.698. The summed E-state index contributed by atoms with van der Waals surface area (Å²) in [5, 5.41) is 17.0. The second-order valence-corrected chi connectivity index (χ2v) is 5.77. The van der Waals surface area contributed by atoms with Crippen molar-refractivity contribution in [1.82, 2.24) is 10.2 Å². The van der Waals surface area contributed by atoms with Gasteiger partial charge in [0, 0.05) is 27.3 Å². The average molecular weight is 347 g/mol.